The second kappa shape index (κ2) is 10.8. The van der Waals surface area contributed by atoms with Crippen LogP contribution in [0.15, 0.2) is 6.20 Å². The minimum atomic E-state index is 0. The predicted octanol–water partition coefficient (Wildman–Crippen LogP) is 4.82. The summed E-state index contributed by atoms with van der Waals surface area (Å²) in [6.07, 6.45) is 17.3. The lowest BCUT2D eigenvalue weighted by molar-refractivity contribution is -0.0120. The van der Waals surface area contributed by atoms with E-state index in [0.717, 1.165) is 56.8 Å². The minimum Gasteiger partial charge on any atom is -0.477 e. The average molecular weight is 491 g/mol. The highest BCUT2D eigenvalue weighted by Gasteiger charge is 2.48. The van der Waals surface area contributed by atoms with Gasteiger partial charge in [0.05, 0.1) is 12.8 Å². The van der Waals surface area contributed by atoms with Crippen molar-refractivity contribution in [1.29, 1.82) is 0 Å². The van der Waals surface area contributed by atoms with Crippen LogP contribution in [0.4, 0.5) is 0 Å². The van der Waals surface area contributed by atoms with Crippen molar-refractivity contribution in [3.8, 4) is 5.88 Å². The van der Waals surface area contributed by atoms with Gasteiger partial charge in [0.15, 0.2) is 0 Å². The van der Waals surface area contributed by atoms with Crippen LogP contribution in [0.3, 0.4) is 0 Å². The van der Waals surface area contributed by atoms with Crippen LogP contribution in [0.5, 0.6) is 5.88 Å². The molecule has 1 aromatic heterocycles. The van der Waals surface area contributed by atoms with Gasteiger partial charge in [-0.15, -0.1) is 12.4 Å². The highest BCUT2D eigenvalue weighted by Crippen LogP contribution is 2.53. The van der Waals surface area contributed by atoms with Crippen LogP contribution >= 0.6 is 12.4 Å². The Balaban J connectivity index is 0.00000241. The third-order valence-corrected chi connectivity index (χ3v) is 9.63. The van der Waals surface area contributed by atoms with E-state index in [2.05, 4.69) is 15.7 Å². The summed E-state index contributed by atoms with van der Waals surface area (Å²) < 4.78 is 8.45. The van der Waals surface area contributed by atoms with Gasteiger partial charge in [-0.25, -0.2) is 4.68 Å². The third-order valence-electron chi connectivity index (χ3n) is 9.63. The van der Waals surface area contributed by atoms with E-state index in [1.165, 1.54) is 64.2 Å². The SMILES string of the molecule is Cl.O=C(NC1C2CC3CC(C2)CC1C3)c1cnn(CC2CCNCC2)c1OCC1CCCCC1. The van der Waals surface area contributed by atoms with Crippen LogP contribution in [-0.2, 0) is 6.54 Å². The molecule has 6 fully saturated rings. The molecule has 6 aliphatic rings. The number of amides is 1. The molecule has 7 heteroatoms. The second-order valence-corrected chi connectivity index (χ2v) is 12.0. The molecule has 6 nitrogen and oxygen atoms in total. The van der Waals surface area contributed by atoms with Crippen LogP contribution in [-0.4, -0.2) is 41.4 Å². The monoisotopic (exact) mass is 490 g/mol. The first-order valence-corrected chi connectivity index (χ1v) is 13.9. The summed E-state index contributed by atoms with van der Waals surface area (Å²) in [4.78, 5) is 13.6. The Labute approximate surface area is 210 Å². The number of rotatable bonds is 7. The smallest absolute Gasteiger partial charge is 0.258 e. The molecular weight excluding hydrogens is 448 g/mol. The molecule has 1 aliphatic heterocycles. The van der Waals surface area contributed by atoms with Gasteiger partial charge in [0.2, 0.25) is 5.88 Å². The highest BCUT2D eigenvalue weighted by atomic mass is 35.5. The van der Waals surface area contributed by atoms with E-state index in [4.69, 9.17) is 4.74 Å². The molecule has 2 N–H and O–H groups in total. The Hall–Kier alpha value is -1.27. The first-order chi connectivity index (χ1) is 16.2. The van der Waals surface area contributed by atoms with Gasteiger partial charge in [0.1, 0.15) is 5.56 Å². The van der Waals surface area contributed by atoms with E-state index in [1.807, 2.05) is 4.68 Å². The Morgan fingerprint density at radius 3 is 2.32 bits per heavy atom. The number of ether oxygens (including phenoxy) is 1. The second-order valence-electron chi connectivity index (χ2n) is 12.0. The third kappa shape index (κ3) is 5.13. The van der Waals surface area contributed by atoms with Crippen molar-refractivity contribution in [2.24, 2.45) is 35.5 Å². The molecular formula is C27H43ClN4O2. The Morgan fingerprint density at radius 2 is 1.65 bits per heavy atom. The van der Waals surface area contributed by atoms with Gasteiger partial charge in [-0.2, -0.15) is 5.10 Å². The van der Waals surface area contributed by atoms with Gasteiger partial charge in [-0.3, -0.25) is 4.79 Å². The standard InChI is InChI=1S/C27H42N4O2.ClH/c32-26(30-25-22-11-20-10-21(13-22)14-23(25)12-20)24-15-29-31(16-18-6-8-28-9-7-18)27(24)33-17-19-4-2-1-3-5-19;/h15,18-23,25,28H,1-14,16-17H2,(H,30,32);1H. The topological polar surface area (TPSA) is 68.2 Å². The number of piperidine rings is 1. The van der Waals surface area contributed by atoms with Gasteiger partial charge < -0.3 is 15.4 Å². The van der Waals surface area contributed by atoms with Crippen molar-refractivity contribution in [3.63, 3.8) is 0 Å². The van der Waals surface area contributed by atoms with E-state index in [1.54, 1.807) is 6.20 Å². The van der Waals surface area contributed by atoms with E-state index in [0.29, 0.717) is 35.3 Å². The van der Waals surface area contributed by atoms with Crippen molar-refractivity contribution in [2.75, 3.05) is 19.7 Å². The fourth-order valence-corrected chi connectivity index (χ4v) is 8.06. The van der Waals surface area contributed by atoms with E-state index in [-0.39, 0.29) is 18.3 Å². The molecule has 5 aliphatic carbocycles. The van der Waals surface area contributed by atoms with E-state index >= 15 is 0 Å². The van der Waals surface area contributed by atoms with Gasteiger partial charge in [-0.05, 0) is 106 Å². The van der Waals surface area contributed by atoms with Crippen molar-refractivity contribution < 1.29 is 9.53 Å². The molecule has 4 bridgehead atoms. The van der Waals surface area contributed by atoms with Gasteiger partial charge >= 0.3 is 0 Å². The van der Waals surface area contributed by atoms with Crippen LogP contribution in [0.25, 0.3) is 0 Å². The number of hydrogen-bond acceptors (Lipinski definition) is 4. The zero-order valence-electron chi connectivity index (χ0n) is 20.6. The molecule has 0 spiro atoms. The normalized spacial score (nSPS) is 33.5. The molecule has 7 rings (SSSR count). The summed E-state index contributed by atoms with van der Waals surface area (Å²) in [5, 5.41) is 11.6. The number of carbonyl (C=O) groups is 1. The number of hydrogen-bond donors (Lipinski definition) is 2. The van der Waals surface area contributed by atoms with Crippen molar-refractivity contribution in [2.45, 2.75) is 89.6 Å². The lowest BCUT2D eigenvalue weighted by Crippen LogP contribution is -2.55. The molecule has 34 heavy (non-hydrogen) atoms. The molecule has 2 heterocycles. The fourth-order valence-electron chi connectivity index (χ4n) is 8.06. The van der Waals surface area contributed by atoms with Crippen LogP contribution in [0.2, 0.25) is 0 Å². The van der Waals surface area contributed by atoms with Crippen molar-refractivity contribution in [3.05, 3.63) is 11.8 Å². The number of nitrogens with one attached hydrogen (secondary N) is 2. The molecule has 5 saturated carbocycles. The largest absolute Gasteiger partial charge is 0.477 e. The highest BCUT2D eigenvalue weighted by molar-refractivity contribution is 5.96. The lowest BCUT2D eigenvalue weighted by atomic mass is 9.54. The Kier molecular flexibility index (Phi) is 7.74. The van der Waals surface area contributed by atoms with Gasteiger partial charge in [0.25, 0.3) is 5.91 Å². The quantitative estimate of drug-likeness (QED) is 0.575. The van der Waals surface area contributed by atoms with Gasteiger partial charge in [0, 0.05) is 12.6 Å². The fraction of sp³-hybridized carbons (Fsp3) is 0.852. The maximum absolute atomic E-state index is 13.6. The number of carbonyl (C=O) groups excluding carboxylic acids is 1. The molecule has 190 valence electrons. The Bertz CT molecular complexity index is 803. The number of nitrogens with zero attached hydrogens (tertiary/aromatic N) is 2. The van der Waals surface area contributed by atoms with E-state index < -0.39 is 0 Å². The molecule has 1 aromatic rings. The molecule has 0 unspecified atom stereocenters. The maximum Gasteiger partial charge on any atom is 0.258 e. The molecule has 1 saturated heterocycles. The Morgan fingerprint density at radius 1 is 0.971 bits per heavy atom. The average Bonchev–Trinajstić information content (AvgIpc) is 3.23. The number of aromatic nitrogens is 2. The van der Waals surface area contributed by atoms with E-state index in [9.17, 15) is 4.79 Å². The van der Waals surface area contributed by atoms with Crippen LogP contribution in [0, 0.1) is 35.5 Å². The molecule has 0 atom stereocenters. The first-order valence-electron chi connectivity index (χ1n) is 13.9. The summed E-state index contributed by atoms with van der Waals surface area (Å²) in [6, 6.07) is 0.351. The summed E-state index contributed by atoms with van der Waals surface area (Å²) >= 11 is 0. The summed E-state index contributed by atoms with van der Waals surface area (Å²) in [5.74, 6) is 5.18. The zero-order chi connectivity index (χ0) is 22.2. The predicted molar refractivity (Wildman–Crippen MR) is 135 cm³/mol. The van der Waals surface area contributed by atoms with Crippen molar-refractivity contribution >= 4 is 18.3 Å². The zero-order valence-corrected chi connectivity index (χ0v) is 21.4. The number of halogens is 1. The summed E-state index contributed by atoms with van der Waals surface area (Å²) in [5.41, 5.74) is 0.661. The maximum atomic E-state index is 13.6. The summed E-state index contributed by atoms with van der Waals surface area (Å²) in [7, 11) is 0. The molecule has 0 aromatic carbocycles. The minimum absolute atomic E-state index is 0. The van der Waals surface area contributed by atoms with Gasteiger partial charge in [-0.1, -0.05) is 19.3 Å². The molecule has 0 radical (unpaired) electrons. The molecule has 1 amide bonds. The van der Waals surface area contributed by atoms with Crippen LogP contribution < -0.4 is 15.4 Å². The van der Waals surface area contributed by atoms with Crippen LogP contribution in [0.1, 0.15) is 87.4 Å². The summed E-state index contributed by atoms with van der Waals surface area (Å²) in [6.45, 7) is 3.72. The lowest BCUT2D eigenvalue weighted by Gasteiger charge is -2.54. The first kappa shape index (κ1) is 24.4. The van der Waals surface area contributed by atoms with Crippen molar-refractivity contribution in [1.82, 2.24) is 20.4 Å².